The van der Waals surface area contributed by atoms with E-state index in [4.69, 9.17) is 15.6 Å². The van der Waals surface area contributed by atoms with Crippen molar-refractivity contribution in [2.45, 2.75) is 38.6 Å². The Labute approximate surface area is 137 Å². The van der Waals surface area contributed by atoms with Gasteiger partial charge in [0.1, 0.15) is 5.75 Å². The third kappa shape index (κ3) is 4.73. The molecule has 0 radical (unpaired) electrons. The molecule has 0 spiro atoms. The normalized spacial score (nSPS) is 18.3. The summed E-state index contributed by atoms with van der Waals surface area (Å²) in [4.78, 5) is 14.3. The maximum Gasteiger partial charge on any atom is 0.246 e. The number of carbonyl (C=O) groups is 1. The average molecular weight is 318 g/mol. The van der Waals surface area contributed by atoms with Crippen LogP contribution in [0.5, 0.6) is 5.75 Å². The van der Waals surface area contributed by atoms with E-state index in [0.29, 0.717) is 24.5 Å². The lowest BCUT2D eigenvalue weighted by Crippen LogP contribution is -2.43. The first-order chi connectivity index (χ1) is 11.2. The molecule has 2 rings (SSSR count). The van der Waals surface area contributed by atoms with E-state index in [1.54, 1.807) is 18.2 Å². The molecule has 126 valence electrons. The molecule has 1 fully saturated rings. The van der Waals surface area contributed by atoms with Crippen LogP contribution in [0, 0.1) is 0 Å². The molecule has 1 aromatic rings. The monoisotopic (exact) mass is 318 g/mol. The largest absolute Gasteiger partial charge is 0.492 e. The highest BCUT2D eigenvalue weighted by atomic mass is 16.5. The summed E-state index contributed by atoms with van der Waals surface area (Å²) in [5.74, 6) is 0.658. The number of aliphatic hydroxyl groups excluding tert-OH is 1. The van der Waals surface area contributed by atoms with Gasteiger partial charge in [-0.3, -0.25) is 4.79 Å². The second-order valence-electron chi connectivity index (χ2n) is 5.76. The van der Waals surface area contributed by atoms with Gasteiger partial charge in [-0.25, -0.2) is 0 Å². The van der Waals surface area contributed by atoms with Gasteiger partial charge in [-0.15, -0.1) is 0 Å². The lowest BCUT2D eigenvalue weighted by Gasteiger charge is -2.34. The molecule has 1 amide bonds. The molecule has 1 saturated heterocycles. The fourth-order valence-electron chi connectivity index (χ4n) is 2.96. The van der Waals surface area contributed by atoms with E-state index in [9.17, 15) is 4.79 Å². The zero-order valence-electron chi connectivity index (χ0n) is 13.7. The van der Waals surface area contributed by atoms with Crippen molar-refractivity contribution in [3.8, 4) is 5.75 Å². The molecule has 1 aliphatic heterocycles. The number of anilines is 1. The fraction of sp³-hybridized carbons (Fsp3) is 0.500. The Morgan fingerprint density at radius 2 is 2.30 bits per heavy atom. The van der Waals surface area contributed by atoms with Crippen molar-refractivity contribution in [3.05, 3.63) is 29.8 Å². The molecule has 1 atom stereocenters. The van der Waals surface area contributed by atoms with Crippen LogP contribution in [0.25, 0.3) is 6.08 Å². The Balaban J connectivity index is 2.03. The first-order valence-corrected chi connectivity index (χ1v) is 8.27. The van der Waals surface area contributed by atoms with Crippen LogP contribution in [-0.2, 0) is 4.79 Å². The number of carbonyl (C=O) groups excluding carboxylic acids is 1. The summed E-state index contributed by atoms with van der Waals surface area (Å²) in [6.45, 7) is 3.36. The number of benzene rings is 1. The summed E-state index contributed by atoms with van der Waals surface area (Å²) in [6, 6.07) is 5.65. The van der Waals surface area contributed by atoms with Gasteiger partial charge in [0.2, 0.25) is 5.91 Å². The van der Waals surface area contributed by atoms with E-state index >= 15 is 0 Å². The Morgan fingerprint density at radius 1 is 1.48 bits per heavy atom. The van der Waals surface area contributed by atoms with Gasteiger partial charge >= 0.3 is 0 Å². The van der Waals surface area contributed by atoms with Gasteiger partial charge < -0.3 is 20.5 Å². The van der Waals surface area contributed by atoms with Crippen LogP contribution in [0.15, 0.2) is 24.3 Å². The quantitative estimate of drug-likeness (QED) is 0.624. The molecule has 3 N–H and O–H groups in total. The molecule has 1 aliphatic rings. The SMILES string of the molecule is CCOc1ccc(/C=C\C(=O)N2CCCCC2CCO)cc1N. The molecule has 0 bridgehead atoms. The summed E-state index contributed by atoms with van der Waals surface area (Å²) < 4.78 is 5.41. The highest BCUT2D eigenvalue weighted by molar-refractivity contribution is 5.92. The zero-order valence-corrected chi connectivity index (χ0v) is 13.7. The number of hydrogen-bond donors (Lipinski definition) is 2. The van der Waals surface area contributed by atoms with Crippen molar-refractivity contribution >= 4 is 17.7 Å². The Morgan fingerprint density at radius 3 is 3.00 bits per heavy atom. The molecule has 23 heavy (non-hydrogen) atoms. The van der Waals surface area contributed by atoms with Crippen LogP contribution in [0.1, 0.15) is 38.2 Å². The zero-order chi connectivity index (χ0) is 16.7. The first kappa shape index (κ1) is 17.3. The van der Waals surface area contributed by atoms with Crippen LogP contribution in [0.4, 0.5) is 5.69 Å². The van der Waals surface area contributed by atoms with Gasteiger partial charge in [-0.2, -0.15) is 0 Å². The lowest BCUT2D eigenvalue weighted by molar-refractivity contribution is -0.129. The molecule has 1 heterocycles. The molecule has 0 aliphatic carbocycles. The number of likely N-dealkylation sites (tertiary alicyclic amines) is 1. The maximum atomic E-state index is 12.4. The summed E-state index contributed by atoms with van der Waals surface area (Å²) in [7, 11) is 0. The number of nitrogen functional groups attached to an aromatic ring is 1. The minimum absolute atomic E-state index is 0.00407. The second-order valence-corrected chi connectivity index (χ2v) is 5.76. The number of nitrogens with zero attached hydrogens (tertiary/aromatic N) is 1. The van der Waals surface area contributed by atoms with E-state index < -0.39 is 0 Å². The number of hydrogen-bond acceptors (Lipinski definition) is 4. The van der Waals surface area contributed by atoms with Crippen molar-refractivity contribution in [1.29, 1.82) is 0 Å². The molecule has 1 unspecified atom stereocenters. The number of ether oxygens (including phenoxy) is 1. The Hall–Kier alpha value is -2.01. The second kappa shape index (κ2) is 8.58. The summed E-state index contributed by atoms with van der Waals surface area (Å²) in [5, 5.41) is 9.14. The maximum absolute atomic E-state index is 12.4. The first-order valence-electron chi connectivity index (χ1n) is 8.27. The van der Waals surface area contributed by atoms with Crippen molar-refractivity contribution in [1.82, 2.24) is 4.90 Å². The van der Waals surface area contributed by atoms with Gasteiger partial charge in [-0.1, -0.05) is 6.07 Å². The molecular weight excluding hydrogens is 292 g/mol. The molecule has 1 aromatic carbocycles. The van der Waals surface area contributed by atoms with Crippen LogP contribution < -0.4 is 10.5 Å². The summed E-state index contributed by atoms with van der Waals surface area (Å²) >= 11 is 0. The van der Waals surface area contributed by atoms with Crippen molar-refractivity contribution in [2.75, 3.05) is 25.5 Å². The molecule has 0 aromatic heterocycles. The van der Waals surface area contributed by atoms with E-state index in [0.717, 1.165) is 31.4 Å². The third-order valence-corrected chi connectivity index (χ3v) is 4.12. The number of rotatable bonds is 6. The van der Waals surface area contributed by atoms with E-state index in [1.165, 1.54) is 0 Å². The molecular formula is C18H26N2O3. The van der Waals surface area contributed by atoms with Crippen molar-refractivity contribution in [2.24, 2.45) is 0 Å². The lowest BCUT2D eigenvalue weighted by atomic mass is 9.99. The smallest absolute Gasteiger partial charge is 0.246 e. The van der Waals surface area contributed by atoms with E-state index in [2.05, 4.69) is 0 Å². The number of piperidine rings is 1. The number of nitrogens with two attached hydrogens (primary N) is 1. The number of amides is 1. The van der Waals surface area contributed by atoms with Gasteiger partial charge in [0, 0.05) is 25.3 Å². The minimum Gasteiger partial charge on any atom is -0.492 e. The predicted molar refractivity (Wildman–Crippen MR) is 92.1 cm³/mol. The topological polar surface area (TPSA) is 75.8 Å². The van der Waals surface area contributed by atoms with Crippen LogP contribution in [-0.4, -0.2) is 41.7 Å². The highest BCUT2D eigenvalue weighted by Crippen LogP contribution is 2.24. The average Bonchev–Trinajstić information content (AvgIpc) is 2.56. The summed E-state index contributed by atoms with van der Waals surface area (Å²) in [5.41, 5.74) is 7.37. The minimum atomic E-state index is -0.00407. The fourth-order valence-corrected chi connectivity index (χ4v) is 2.96. The van der Waals surface area contributed by atoms with Crippen LogP contribution in [0.3, 0.4) is 0 Å². The predicted octanol–water partition coefficient (Wildman–Crippen LogP) is 2.44. The number of aliphatic hydroxyl groups is 1. The Bertz CT molecular complexity index is 555. The summed E-state index contributed by atoms with van der Waals surface area (Å²) in [6.07, 6.45) is 7.13. The van der Waals surface area contributed by atoms with Crippen molar-refractivity contribution < 1.29 is 14.6 Å². The van der Waals surface area contributed by atoms with Crippen LogP contribution >= 0.6 is 0 Å². The standard InChI is InChI=1S/C18H26N2O3/c1-2-23-17-8-6-14(13-16(17)19)7-9-18(22)20-11-4-3-5-15(20)10-12-21/h6-9,13,15,21H,2-5,10-12,19H2,1H3/b9-7-. The Kier molecular flexibility index (Phi) is 6.47. The van der Waals surface area contributed by atoms with E-state index in [-0.39, 0.29) is 18.6 Å². The highest BCUT2D eigenvalue weighted by Gasteiger charge is 2.24. The van der Waals surface area contributed by atoms with Gasteiger partial charge in [-0.05, 0) is 56.4 Å². The molecule has 0 saturated carbocycles. The van der Waals surface area contributed by atoms with Gasteiger partial charge in [0.25, 0.3) is 0 Å². The van der Waals surface area contributed by atoms with E-state index in [1.807, 2.05) is 24.0 Å². The van der Waals surface area contributed by atoms with Gasteiger partial charge in [0.15, 0.2) is 0 Å². The van der Waals surface area contributed by atoms with Gasteiger partial charge in [0.05, 0.1) is 12.3 Å². The van der Waals surface area contributed by atoms with Crippen LogP contribution in [0.2, 0.25) is 0 Å². The molecule has 5 heteroatoms. The third-order valence-electron chi connectivity index (χ3n) is 4.12. The molecule has 5 nitrogen and oxygen atoms in total. The van der Waals surface area contributed by atoms with Crippen molar-refractivity contribution in [3.63, 3.8) is 0 Å².